The molecule has 2 heteroatoms. The maximum absolute atomic E-state index is 12.7. The van der Waals surface area contributed by atoms with Crippen LogP contribution in [0, 0.1) is 18.3 Å². The van der Waals surface area contributed by atoms with E-state index in [0.717, 1.165) is 12.0 Å². The van der Waals surface area contributed by atoms with Gasteiger partial charge in [-0.2, -0.15) is 0 Å². The summed E-state index contributed by atoms with van der Waals surface area (Å²) >= 11 is 0. The van der Waals surface area contributed by atoms with Crippen LogP contribution in [0.1, 0.15) is 19.4 Å². The normalized spacial score (nSPS) is 10.1. The first-order valence-corrected chi connectivity index (χ1v) is 4.29. The van der Waals surface area contributed by atoms with E-state index in [1.54, 1.807) is 6.07 Å². The van der Waals surface area contributed by atoms with Crippen LogP contribution >= 0.6 is 0 Å². The Morgan fingerprint density at radius 3 is 2.69 bits per heavy atom. The summed E-state index contributed by atoms with van der Waals surface area (Å²) in [6.07, 6.45) is 0.831. The van der Waals surface area contributed by atoms with Gasteiger partial charge >= 0.3 is 0 Å². The smallest absolute Gasteiger partial charge is 0.193 e. The minimum absolute atomic E-state index is 0.335. The van der Waals surface area contributed by atoms with Crippen molar-refractivity contribution in [2.75, 3.05) is 0 Å². The molecular weight excluding hydrogens is 165 g/mol. The van der Waals surface area contributed by atoms with Crippen LogP contribution in [0.25, 0.3) is 4.85 Å². The number of rotatable bonds is 2. The first-order valence-electron chi connectivity index (χ1n) is 4.29. The Kier molecular flexibility index (Phi) is 3.02. The van der Waals surface area contributed by atoms with Crippen molar-refractivity contribution in [3.8, 4) is 0 Å². The molecule has 0 unspecified atom stereocenters. The van der Waals surface area contributed by atoms with E-state index >= 15 is 0 Å². The molecule has 0 spiro atoms. The first kappa shape index (κ1) is 9.73. The van der Waals surface area contributed by atoms with Gasteiger partial charge in [-0.3, -0.25) is 0 Å². The molecule has 0 amide bonds. The maximum Gasteiger partial charge on any atom is 0.193 e. The topological polar surface area (TPSA) is 4.36 Å². The third-order valence-electron chi connectivity index (χ3n) is 1.80. The molecule has 0 saturated carbocycles. The van der Waals surface area contributed by atoms with Crippen molar-refractivity contribution >= 4 is 5.69 Å². The fraction of sp³-hybridized carbons (Fsp3) is 0.364. The second-order valence-electron chi connectivity index (χ2n) is 3.48. The quantitative estimate of drug-likeness (QED) is 0.608. The van der Waals surface area contributed by atoms with E-state index in [1.807, 2.05) is 0 Å². The van der Waals surface area contributed by atoms with E-state index in [-0.39, 0.29) is 5.82 Å². The Hall–Kier alpha value is -1.36. The molecule has 0 aliphatic carbocycles. The SMILES string of the molecule is [C-]#[N+]c1cc(F)ccc1CC(C)C. The summed E-state index contributed by atoms with van der Waals surface area (Å²) in [4.78, 5) is 3.29. The Labute approximate surface area is 78.0 Å². The van der Waals surface area contributed by atoms with E-state index in [4.69, 9.17) is 6.57 Å². The molecule has 0 aliphatic rings. The number of nitrogens with zero attached hydrogens (tertiary/aromatic N) is 1. The molecule has 0 radical (unpaired) electrons. The van der Waals surface area contributed by atoms with E-state index in [2.05, 4.69) is 18.7 Å². The molecule has 1 nitrogen and oxygen atoms in total. The Balaban J connectivity index is 3.01. The van der Waals surface area contributed by atoms with Gasteiger partial charge in [0.05, 0.1) is 6.57 Å². The molecule has 0 atom stereocenters. The van der Waals surface area contributed by atoms with Gasteiger partial charge in [0.25, 0.3) is 0 Å². The zero-order valence-corrected chi connectivity index (χ0v) is 7.84. The number of hydrogen-bond donors (Lipinski definition) is 0. The highest BCUT2D eigenvalue weighted by Gasteiger charge is 2.05. The van der Waals surface area contributed by atoms with Gasteiger partial charge in [0.15, 0.2) is 5.69 Å². The Bertz CT molecular complexity index is 336. The summed E-state index contributed by atoms with van der Waals surface area (Å²) in [5, 5.41) is 0. The zero-order valence-electron chi connectivity index (χ0n) is 7.84. The van der Waals surface area contributed by atoms with Crippen LogP contribution in [0.3, 0.4) is 0 Å². The lowest BCUT2D eigenvalue weighted by atomic mass is 10.0. The van der Waals surface area contributed by atoms with Gasteiger partial charge in [0.2, 0.25) is 0 Å². The average Bonchev–Trinajstić information content (AvgIpc) is 2.07. The summed E-state index contributed by atoms with van der Waals surface area (Å²) < 4.78 is 12.7. The number of halogens is 1. The van der Waals surface area contributed by atoms with E-state index < -0.39 is 0 Å². The van der Waals surface area contributed by atoms with Crippen molar-refractivity contribution in [3.05, 3.63) is 41.0 Å². The van der Waals surface area contributed by atoms with E-state index in [0.29, 0.717) is 11.6 Å². The number of benzene rings is 1. The minimum atomic E-state index is -0.335. The molecule has 0 bridgehead atoms. The lowest BCUT2D eigenvalue weighted by Crippen LogP contribution is -1.94. The van der Waals surface area contributed by atoms with Crippen molar-refractivity contribution in [2.45, 2.75) is 20.3 Å². The van der Waals surface area contributed by atoms with Crippen LogP contribution in [0.15, 0.2) is 18.2 Å². The highest BCUT2D eigenvalue weighted by Crippen LogP contribution is 2.23. The molecule has 0 heterocycles. The van der Waals surface area contributed by atoms with Crippen molar-refractivity contribution in [1.82, 2.24) is 0 Å². The molecule has 13 heavy (non-hydrogen) atoms. The van der Waals surface area contributed by atoms with Gasteiger partial charge in [-0.25, -0.2) is 9.24 Å². The second kappa shape index (κ2) is 4.04. The minimum Gasteiger partial charge on any atom is -0.238 e. The largest absolute Gasteiger partial charge is 0.238 e. The molecule has 0 N–H and O–H groups in total. The monoisotopic (exact) mass is 177 g/mol. The van der Waals surface area contributed by atoms with Crippen LogP contribution in [-0.4, -0.2) is 0 Å². The fourth-order valence-corrected chi connectivity index (χ4v) is 1.25. The van der Waals surface area contributed by atoms with Gasteiger partial charge in [-0.15, -0.1) is 0 Å². The first-order chi connectivity index (χ1) is 6.13. The number of hydrogen-bond acceptors (Lipinski definition) is 0. The van der Waals surface area contributed by atoms with Gasteiger partial charge < -0.3 is 0 Å². The molecule has 1 rings (SSSR count). The van der Waals surface area contributed by atoms with Crippen molar-refractivity contribution in [1.29, 1.82) is 0 Å². The molecule has 0 saturated heterocycles. The molecular formula is C11H12FN. The van der Waals surface area contributed by atoms with Crippen LogP contribution in [0.2, 0.25) is 0 Å². The fourth-order valence-electron chi connectivity index (χ4n) is 1.25. The third kappa shape index (κ3) is 2.55. The molecule has 68 valence electrons. The van der Waals surface area contributed by atoms with Crippen LogP contribution in [-0.2, 0) is 6.42 Å². The van der Waals surface area contributed by atoms with E-state index in [1.165, 1.54) is 12.1 Å². The third-order valence-corrected chi connectivity index (χ3v) is 1.80. The van der Waals surface area contributed by atoms with Crippen molar-refractivity contribution < 1.29 is 4.39 Å². The molecule has 1 aromatic carbocycles. The van der Waals surface area contributed by atoms with Crippen molar-refractivity contribution in [2.24, 2.45) is 5.92 Å². The summed E-state index contributed by atoms with van der Waals surface area (Å²) in [5.41, 5.74) is 1.38. The van der Waals surface area contributed by atoms with Crippen molar-refractivity contribution in [3.63, 3.8) is 0 Å². The van der Waals surface area contributed by atoms with Gasteiger partial charge in [0.1, 0.15) is 5.82 Å². The average molecular weight is 177 g/mol. The summed E-state index contributed by atoms with van der Waals surface area (Å²) in [7, 11) is 0. The standard InChI is InChI=1S/C11H12FN/c1-8(2)6-9-4-5-10(12)7-11(9)13-3/h4-5,7-8H,6H2,1-2H3. The molecule has 0 fully saturated rings. The highest BCUT2D eigenvalue weighted by atomic mass is 19.1. The van der Waals surface area contributed by atoms with Crippen LogP contribution in [0.5, 0.6) is 0 Å². The maximum atomic E-state index is 12.7. The van der Waals surface area contributed by atoms with Crippen LogP contribution < -0.4 is 0 Å². The predicted molar refractivity (Wildman–Crippen MR) is 51.2 cm³/mol. The van der Waals surface area contributed by atoms with E-state index in [9.17, 15) is 4.39 Å². The lowest BCUT2D eigenvalue weighted by Gasteiger charge is -2.06. The predicted octanol–water partition coefficient (Wildman–Crippen LogP) is 3.57. The van der Waals surface area contributed by atoms with Gasteiger partial charge in [-0.05, 0) is 30.0 Å². The van der Waals surface area contributed by atoms with Crippen LogP contribution in [0.4, 0.5) is 10.1 Å². The molecule has 0 aliphatic heterocycles. The highest BCUT2D eigenvalue weighted by molar-refractivity contribution is 5.52. The second-order valence-corrected chi connectivity index (χ2v) is 3.48. The van der Waals surface area contributed by atoms with Gasteiger partial charge in [0, 0.05) is 0 Å². The summed E-state index contributed by atoms with van der Waals surface area (Å²) in [6.45, 7) is 11.0. The molecule has 0 aromatic heterocycles. The lowest BCUT2D eigenvalue weighted by molar-refractivity contribution is 0.622. The zero-order chi connectivity index (χ0) is 9.84. The Morgan fingerprint density at radius 1 is 1.46 bits per heavy atom. The Morgan fingerprint density at radius 2 is 2.15 bits per heavy atom. The summed E-state index contributed by atoms with van der Waals surface area (Å²) in [6, 6.07) is 4.40. The van der Waals surface area contributed by atoms with Gasteiger partial charge in [-0.1, -0.05) is 19.9 Å². The molecule has 1 aromatic rings. The summed E-state index contributed by atoms with van der Waals surface area (Å²) in [5.74, 6) is 0.157.